The molecule has 98 valence electrons. The molecule has 0 saturated heterocycles. The van der Waals surface area contributed by atoms with Crippen molar-refractivity contribution < 1.29 is 4.74 Å². The third-order valence-electron chi connectivity index (χ3n) is 2.34. The first-order chi connectivity index (χ1) is 9.08. The van der Waals surface area contributed by atoms with Gasteiger partial charge in [-0.15, -0.1) is 0 Å². The number of amidine groups is 1. The Morgan fingerprint density at radius 3 is 2.37 bits per heavy atom. The molecule has 0 heterocycles. The number of benzene rings is 2. The van der Waals surface area contributed by atoms with Crippen molar-refractivity contribution >= 4 is 34.7 Å². The molecule has 3 nitrogen and oxygen atoms in total. The second-order valence-corrected chi connectivity index (χ2v) is 4.66. The molecule has 0 amide bonds. The van der Waals surface area contributed by atoms with E-state index >= 15 is 0 Å². The fraction of sp³-hybridized carbons (Fsp3) is 0.0714. The lowest BCUT2D eigenvalue weighted by Gasteiger charge is -2.12. The summed E-state index contributed by atoms with van der Waals surface area (Å²) in [6.07, 6.45) is 0. The van der Waals surface area contributed by atoms with Gasteiger partial charge in [0, 0.05) is 0 Å². The van der Waals surface area contributed by atoms with E-state index < -0.39 is 0 Å². The summed E-state index contributed by atoms with van der Waals surface area (Å²) in [7, 11) is 0. The van der Waals surface area contributed by atoms with Crippen LogP contribution in [0.1, 0.15) is 6.92 Å². The summed E-state index contributed by atoms with van der Waals surface area (Å²) < 4.78 is 5.65. The minimum Gasteiger partial charge on any atom is -0.456 e. The third-order valence-corrected chi connectivity index (χ3v) is 3.20. The van der Waals surface area contributed by atoms with Gasteiger partial charge in [0.25, 0.3) is 0 Å². The van der Waals surface area contributed by atoms with E-state index in [9.17, 15) is 0 Å². The van der Waals surface area contributed by atoms with Gasteiger partial charge in [-0.3, -0.25) is 5.41 Å². The fourth-order valence-electron chi connectivity index (χ4n) is 1.52. The van der Waals surface area contributed by atoms with Crippen LogP contribution in [-0.4, -0.2) is 5.84 Å². The Hall–Kier alpha value is -1.71. The van der Waals surface area contributed by atoms with Gasteiger partial charge in [0.05, 0.1) is 16.5 Å². The molecular formula is C14H12Cl2N2O. The summed E-state index contributed by atoms with van der Waals surface area (Å²) in [5.74, 6) is 1.45. The highest BCUT2D eigenvalue weighted by atomic mass is 35.5. The van der Waals surface area contributed by atoms with Crippen molar-refractivity contribution in [2.24, 2.45) is 0 Å². The molecule has 0 aliphatic rings. The Bertz CT molecular complexity index is 600. The first-order valence-corrected chi connectivity index (χ1v) is 6.36. The summed E-state index contributed by atoms with van der Waals surface area (Å²) >= 11 is 12.3. The maximum Gasteiger partial charge on any atom is 0.147 e. The van der Waals surface area contributed by atoms with E-state index in [-0.39, 0.29) is 5.84 Å². The van der Waals surface area contributed by atoms with Gasteiger partial charge in [-0.1, -0.05) is 41.4 Å². The van der Waals surface area contributed by atoms with Gasteiger partial charge in [-0.2, -0.15) is 0 Å². The van der Waals surface area contributed by atoms with Gasteiger partial charge in [0.2, 0.25) is 0 Å². The lowest BCUT2D eigenvalue weighted by molar-refractivity contribution is 0.483. The van der Waals surface area contributed by atoms with E-state index in [1.807, 2.05) is 30.3 Å². The van der Waals surface area contributed by atoms with Crippen LogP contribution in [0, 0.1) is 5.41 Å². The second kappa shape index (κ2) is 5.95. The van der Waals surface area contributed by atoms with Gasteiger partial charge in [-0.25, -0.2) is 0 Å². The minimum absolute atomic E-state index is 0.287. The molecular weight excluding hydrogens is 283 g/mol. The number of anilines is 1. The molecule has 0 saturated carbocycles. The molecule has 0 fully saturated rings. The normalized spacial score (nSPS) is 10.1. The molecule has 2 aromatic rings. The van der Waals surface area contributed by atoms with Crippen LogP contribution in [0.5, 0.6) is 11.5 Å². The smallest absolute Gasteiger partial charge is 0.147 e. The van der Waals surface area contributed by atoms with Crippen molar-refractivity contribution in [1.29, 1.82) is 5.41 Å². The predicted octanol–water partition coefficient (Wildman–Crippen LogP) is 5.19. The Morgan fingerprint density at radius 1 is 1.05 bits per heavy atom. The van der Waals surface area contributed by atoms with E-state index in [2.05, 4.69) is 5.32 Å². The van der Waals surface area contributed by atoms with E-state index in [0.29, 0.717) is 27.2 Å². The maximum absolute atomic E-state index is 7.39. The average Bonchev–Trinajstić information content (AvgIpc) is 2.39. The fourth-order valence-corrected chi connectivity index (χ4v) is 1.93. The molecule has 2 N–H and O–H groups in total. The van der Waals surface area contributed by atoms with E-state index in [0.717, 1.165) is 0 Å². The summed E-state index contributed by atoms with van der Waals surface area (Å²) in [6.45, 7) is 1.62. The average molecular weight is 295 g/mol. The zero-order valence-electron chi connectivity index (χ0n) is 10.2. The highest BCUT2D eigenvalue weighted by Gasteiger charge is 2.12. The Morgan fingerprint density at radius 2 is 1.74 bits per heavy atom. The van der Waals surface area contributed by atoms with Crippen LogP contribution in [0.25, 0.3) is 0 Å². The topological polar surface area (TPSA) is 45.1 Å². The van der Waals surface area contributed by atoms with Crippen molar-refractivity contribution in [2.45, 2.75) is 6.92 Å². The van der Waals surface area contributed by atoms with Gasteiger partial charge >= 0.3 is 0 Å². The quantitative estimate of drug-likeness (QED) is 0.604. The van der Waals surface area contributed by atoms with Crippen LogP contribution in [0.2, 0.25) is 10.0 Å². The van der Waals surface area contributed by atoms with Crippen LogP contribution in [0.3, 0.4) is 0 Å². The largest absolute Gasteiger partial charge is 0.456 e. The maximum atomic E-state index is 7.39. The van der Waals surface area contributed by atoms with Gasteiger partial charge in [0.15, 0.2) is 0 Å². The Balaban J connectivity index is 2.28. The molecule has 2 rings (SSSR count). The Kier molecular flexibility index (Phi) is 4.30. The standard InChI is InChI=1S/C14H12Cl2N2O/c1-9(17)18-11-7-8-12(14(16)13(11)15)19-10-5-3-2-4-6-10/h2-8H,1H3,(H2,17,18). The van der Waals surface area contributed by atoms with Crippen molar-refractivity contribution in [3.63, 3.8) is 0 Å². The first kappa shape index (κ1) is 13.7. The van der Waals surface area contributed by atoms with Gasteiger partial charge < -0.3 is 10.1 Å². The second-order valence-electron chi connectivity index (χ2n) is 3.90. The number of ether oxygens (including phenoxy) is 1. The van der Waals surface area contributed by atoms with Gasteiger partial charge in [0.1, 0.15) is 16.5 Å². The highest BCUT2D eigenvalue weighted by molar-refractivity contribution is 6.44. The molecule has 0 unspecified atom stereocenters. The highest BCUT2D eigenvalue weighted by Crippen LogP contribution is 2.39. The molecule has 0 radical (unpaired) electrons. The number of rotatable bonds is 3. The summed E-state index contributed by atoms with van der Waals surface area (Å²) in [4.78, 5) is 0. The third kappa shape index (κ3) is 3.40. The van der Waals surface area contributed by atoms with Crippen molar-refractivity contribution in [3.8, 4) is 11.5 Å². The SMILES string of the molecule is CC(=N)Nc1ccc(Oc2ccccc2)c(Cl)c1Cl. The van der Waals surface area contributed by atoms with Crippen LogP contribution >= 0.6 is 23.2 Å². The number of halogens is 2. The molecule has 5 heteroatoms. The minimum atomic E-state index is 0.287. The van der Waals surface area contributed by atoms with Crippen molar-refractivity contribution in [2.75, 3.05) is 5.32 Å². The predicted molar refractivity (Wildman–Crippen MR) is 80.0 cm³/mol. The lowest BCUT2D eigenvalue weighted by atomic mass is 10.3. The molecule has 0 bridgehead atoms. The number of para-hydroxylation sites is 1. The number of hydrogen-bond donors (Lipinski definition) is 2. The monoisotopic (exact) mass is 294 g/mol. The molecule has 2 aromatic carbocycles. The summed E-state index contributed by atoms with van der Waals surface area (Å²) in [5.41, 5.74) is 0.583. The molecule has 0 aliphatic carbocycles. The van der Waals surface area contributed by atoms with Crippen LogP contribution in [0.15, 0.2) is 42.5 Å². The van der Waals surface area contributed by atoms with Crippen molar-refractivity contribution in [3.05, 3.63) is 52.5 Å². The molecule has 0 atom stereocenters. The van der Waals surface area contributed by atoms with E-state index in [1.54, 1.807) is 19.1 Å². The van der Waals surface area contributed by atoms with Crippen LogP contribution in [-0.2, 0) is 0 Å². The summed E-state index contributed by atoms with van der Waals surface area (Å²) in [6, 6.07) is 12.8. The van der Waals surface area contributed by atoms with Gasteiger partial charge in [-0.05, 0) is 31.2 Å². The summed E-state index contributed by atoms with van der Waals surface area (Å²) in [5, 5.41) is 10.9. The zero-order chi connectivity index (χ0) is 13.8. The van der Waals surface area contributed by atoms with E-state index in [4.69, 9.17) is 33.3 Å². The molecule has 19 heavy (non-hydrogen) atoms. The van der Waals surface area contributed by atoms with Crippen LogP contribution < -0.4 is 10.1 Å². The number of nitrogens with one attached hydrogen (secondary N) is 2. The molecule has 0 spiro atoms. The Labute approximate surface area is 121 Å². The molecule has 0 aliphatic heterocycles. The zero-order valence-corrected chi connectivity index (χ0v) is 11.7. The first-order valence-electron chi connectivity index (χ1n) is 5.61. The van der Waals surface area contributed by atoms with Crippen molar-refractivity contribution in [1.82, 2.24) is 0 Å². The van der Waals surface area contributed by atoms with Crippen LogP contribution in [0.4, 0.5) is 5.69 Å². The molecule has 0 aromatic heterocycles. The lowest BCUT2D eigenvalue weighted by Crippen LogP contribution is -2.05. The number of hydrogen-bond acceptors (Lipinski definition) is 2. The van der Waals surface area contributed by atoms with E-state index in [1.165, 1.54) is 0 Å².